The van der Waals surface area contributed by atoms with Gasteiger partial charge in [0.2, 0.25) is 15.9 Å². The molecule has 10 heteroatoms. The van der Waals surface area contributed by atoms with Crippen molar-refractivity contribution in [1.82, 2.24) is 4.31 Å². The average molecular weight is 438 g/mol. The Hall–Kier alpha value is -2.62. The molecule has 1 aliphatic rings. The van der Waals surface area contributed by atoms with Crippen molar-refractivity contribution in [3.8, 4) is 5.75 Å². The molecule has 8 nitrogen and oxygen atoms in total. The fourth-order valence-electron chi connectivity index (χ4n) is 2.76. The summed E-state index contributed by atoms with van der Waals surface area (Å²) < 4.78 is 31.9. The second-order valence-corrected chi connectivity index (χ2v) is 8.90. The molecule has 0 radical (unpaired) electrons. The third-order valence-electron chi connectivity index (χ3n) is 4.37. The average Bonchev–Trinajstić information content (AvgIpc) is 2.67. The highest BCUT2D eigenvalue weighted by molar-refractivity contribution is 7.89. The number of amides is 2. The molecule has 2 aromatic carbocycles. The minimum absolute atomic E-state index is 0.0861. The lowest BCUT2D eigenvalue weighted by atomic mass is 10.1. The van der Waals surface area contributed by atoms with E-state index in [4.69, 9.17) is 16.3 Å². The summed E-state index contributed by atoms with van der Waals surface area (Å²) in [5.74, 6) is -0.649. The maximum atomic E-state index is 12.9. The van der Waals surface area contributed by atoms with Gasteiger partial charge in [0.15, 0.2) is 6.61 Å². The van der Waals surface area contributed by atoms with Crippen molar-refractivity contribution in [3.63, 3.8) is 0 Å². The molecule has 1 aliphatic heterocycles. The van der Waals surface area contributed by atoms with Crippen LogP contribution in [0, 0.1) is 0 Å². The Morgan fingerprint density at radius 1 is 1.28 bits per heavy atom. The maximum absolute atomic E-state index is 12.9. The number of carbonyl (C=O) groups excluding carboxylic acids is 2. The first-order valence-electron chi connectivity index (χ1n) is 8.82. The second kappa shape index (κ2) is 8.40. The number of likely N-dealkylation sites (N-methyl/N-ethyl adjacent to an activating group) is 1. The third-order valence-corrected chi connectivity index (χ3v) is 6.64. The molecule has 0 saturated heterocycles. The topological polar surface area (TPSA) is 105 Å². The van der Waals surface area contributed by atoms with Crippen molar-refractivity contribution < 1.29 is 22.7 Å². The summed E-state index contributed by atoms with van der Waals surface area (Å²) in [5.41, 5.74) is 2.00. The zero-order chi connectivity index (χ0) is 21.2. The van der Waals surface area contributed by atoms with Crippen LogP contribution in [0.4, 0.5) is 11.4 Å². The first kappa shape index (κ1) is 21.1. The van der Waals surface area contributed by atoms with Gasteiger partial charge in [-0.15, -0.1) is 0 Å². The monoisotopic (exact) mass is 437 g/mol. The van der Waals surface area contributed by atoms with Gasteiger partial charge in [0.25, 0.3) is 5.91 Å². The summed E-state index contributed by atoms with van der Waals surface area (Å²) in [5, 5.41) is 5.14. The number of halogens is 1. The van der Waals surface area contributed by atoms with E-state index in [2.05, 4.69) is 10.6 Å². The lowest BCUT2D eigenvalue weighted by Crippen LogP contribution is -2.35. The van der Waals surface area contributed by atoms with Crippen LogP contribution in [0.25, 0.3) is 0 Å². The highest BCUT2D eigenvalue weighted by Gasteiger charge is 2.28. The van der Waals surface area contributed by atoms with Crippen molar-refractivity contribution in [2.45, 2.75) is 18.2 Å². The lowest BCUT2D eigenvalue weighted by molar-refractivity contribution is -0.118. The fraction of sp³-hybridized carbons (Fsp3) is 0.263. The number of benzene rings is 2. The Kier molecular flexibility index (Phi) is 6.11. The zero-order valence-electron chi connectivity index (χ0n) is 15.9. The van der Waals surface area contributed by atoms with Crippen LogP contribution in [0.1, 0.15) is 12.5 Å². The van der Waals surface area contributed by atoms with E-state index < -0.39 is 22.5 Å². The lowest BCUT2D eigenvalue weighted by Gasteiger charge is -2.22. The molecule has 0 spiro atoms. The van der Waals surface area contributed by atoms with Crippen LogP contribution in [0.5, 0.6) is 5.75 Å². The number of hydrogen-bond donors (Lipinski definition) is 2. The molecular formula is C19H20ClN3O5S. The van der Waals surface area contributed by atoms with E-state index in [1.54, 1.807) is 12.1 Å². The second-order valence-electron chi connectivity index (χ2n) is 6.48. The van der Waals surface area contributed by atoms with Crippen LogP contribution in [-0.2, 0) is 26.0 Å². The molecule has 0 atom stereocenters. The molecule has 2 aromatic rings. The van der Waals surface area contributed by atoms with Crippen molar-refractivity contribution in [2.75, 3.05) is 30.8 Å². The van der Waals surface area contributed by atoms with Gasteiger partial charge in [-0.25, -0.2) is 8.42 Å². The van der Waals surface area contributed by atoms with E-state index in [0.717, 1.165) is 16.3 Å². The number of sulfonamides is 1. The summed E-state index contributed by atoms with van der Waals surface area (Å²) in [6.07, 6.45) is 0.879. The van der Waals surface area contributed by atoms with E-state index in [1.807, 2.05) is 19.1 Å². The van der Waals surface area contributed by atoms with E-state index in [9.17, 15) is 18.0 Å². The van der Waals surface area contributed by atoms with Gasteiger partial charge >= 0.3 is 0 Å². The minimum Gasteiger partial charge on any atom is -0.482 e. The van der Waals surface area contributed by atoms with Crippen LogP contribution < -0.4 is 15.4 Å². The van der Waals surface area contributed by atoms with Crippen LogP contribution in [0.2, 0.25) is 5.02 Å². The molecular weight excluding hydrogens is 418 g/mol. The smallest absolute Gasteiger partial charge is 0.262 e. The van der Waals surface area contributed by atoms with E-state index in [1.165, 1.54) is 19.2 Å². The van der Waals surface area contributed by atoms with Crippen molar-refractivity contribution in [2.24, 2.45) is 0 Å². The molecule has 2 N–H and O–H groups in total. The van der Waals surface area contributed by atoms with Crippen molar-refractivity contribution >= 4 is 44.8 Å². The Bertz CT molecular complexity index is 1050. The molecule has 29 heavy (non-hydrogen) atoms. The molecule has 1 heterocycles. The summed E-state index contributed by atoms with van der Waals surface area (Å²) in [4.78, 5) is 23.5. The highest BCUT2D eigenvalue weighted by atomic mass is 35.5. The first-order valence-corrected chi connectivity index (χ1v) is 10.6. The van der Waals surface area contributed by atoms with Crippen LogP contribution in [0.3, 0.4) is 0 Å². The van der Waals surface area contributed by atoms with E-state index >= 15 is 0 Å². The van der Waals surface area contributed by atoms with Gasteiger partial charge in [0.05, 0.1) is 17.3 Å². The van der Waals surface area contributed by atoms with E-state index in [-0.39, 0.29) is 28.2 Å². The fourth-order valence-corrected chi connectivity index (χ4v) is 4.40. The summed E-state index contributed by atoms with van der Waals surface area (Å²) in [6.45, 7) is 1.41. The van der Waals surface area contributed by atoms with Gasteiger partial charge in [-0.05, 0) is 30.2 Å². The molecule has 154 valence electrons. The molecule has 0 unspecified atom stereocenters. The maximum Gasteiger partial charge on any atom is 0.262 e. The zero-order valence-corrected chi connectivity index (χ0v) is 17.4. The van der Waals surface area contributed by atoms with Crippen molar-refractivity contribution in [3.05, 3.63) is 47.0 Å². The molecule has 0 saturated carbocycles. The van der Waals surface area contributed by atoms with Gasteiger partial charge in [-0.3, -0.25) is 9.59 Å². The van der Waals surface area contributed by atoms with Gasteiger partial charge < -0.3 is 15.4 Å². The number of hydrogen-bond acceptors (Lipinski definition) is 5. The number of aryl methyl sites for hydroxylation is 1. The highest BCUT2D eigenvalue weighted by Crippen LogP contribution is 2.36. The summed E-state index contributed by atoms with van der Waals surface area (Å²) in [6, 6.07) is 9.85. The molecule has 0 aromatic heterocycles. The Labute approximate surface area is 173 Å². The standard InChI is InChI=1S/C19H20ClN3O5S/c1-3-12-4-6-13(7-5-12)21-18(24)10-23(2)29(26,27)17-9-16-15(8-14(17)20)22-19(25)11-28-16/h4-9H,3,10-11H2,1-2H3,(H,21,24)(H,22,25). The minimum atomic E-state index is -4.07. The quantitative estimate of drug-likeness (QED) is 0.722. The largest absolute Gasteiger partial charge is 0.482 e. The number of anilines is 2. The number of nitrogens with one attached hydrogen (secondary N) is 2. The predicted octanol–water partition coefficient (Wildman–Crippen LogP) is 2.49. The molecule has 2 amide bonds. The van der Waals surface area contributed by atoms with Gasteiger partial charge in [0.1, 0.15) is 10.6 Å². The van der Waals surface area contributed by atoms with Crippen LogP contribution in [-0.4, -0.2) is 44.7 Å². The van der Waals surface area contributed by atoms with Crippen LogP contribution in [0.15, 0.2) is 41.3 Å². The summed E-state index contributed by atoms with van der Waals surface area (Å²) in [7, 11) is -2.78. The molecule has 0 fully saturated rings. The third kappa shape index (κ3) is 4.69. The molecule has 0 bridgehead atoms. The number of carbonyl (C=O) groups is 2. The number of rotatable bonds is 6. The SMILES string of the molecule is CCc1ccc(NC(=O)CN(C)S(=O)(=O)c2cc3c(cc2Cl)NC(=O)CO3)cc1. The Balaban J connectivity index is 1.74. The summed E-state index contributed by atoms with van der Waals surface area (Å²) >= 11 is 6.12. The van der Waals surface area contributed by atoms with Gasteiger partial charge in [0, 0.05) is 18.8 Å². The Morgan fingerprint density at radius 3 is 2.62 bits per heavy atom. The molecule has 3 rings (SSSR count). The van der Waals surface area contributed by atoms with Gasteiger partial charge in [-0.1, -0.05) is 30.7 Å². The Morgan fingerprint density at radius 2 is 1.97 bits per heavy atom. The van der Waals surface area contributed by atoms with E-state index in [0.29, 0.717) is 11.4 Å². The normalized spacial score (nSPS) is 13.4. The molecule has 0 aliphatic carbocycles. The predicted molar refractivity (Wildman–Crippen MR) is 110 cm³/mol. The van der Waals surface area contributed by atoms with Crippen LogP contribution >= 0.6 is 11.6 Å². The number of nitrogens with zero attached hydrogens (tertiary/aromatic N) is 1. The first-order chi connectivity index (χ1) is 13.7. The number of fused-ring (bicyclic) bond motifs is 1. The van der Waals surface area contributed by atoms with Gasteiger partial charge in [-0.2, -0.15) is 4.31 Å². The number of ether oxygens (including phenoxy) is 1. The van der Waals surface area contributed by atoms with Crippen molar-refractivity contribution in [1.29, 1.82) is 0 Å².